The highest BCUT2D eigenvalue weighted by Crippen LogP contribution is 2.36. The maximum atomic E-state index is 13.7. The van der Waals surface area contributed by atoms with Crippen molar-refractivity contribution in [1.82, 2.24) is 20.0 Å². The SMILES string of the molecule is CC(C)C[C@@H]1C(=O)N2C(CN(CC3CCNCC3)C(=O)[C@@H]2CC(C)C)N1C(=O)c1ccco1. The number of hydrogen-bond donors (Lipinski definition) is 1. The summed E-state index contributed by atoms with van der Waals surface area (Å²) in [5.41, 5.74) is 0. The smallest absolute Gasteiger partial charge is 0.291 e. The van der Waals surface area contributed by atoms with Gasteiger partial charge in [-0.25, -0.2) is 0 Å². The molecular weight excluding hydrogens is 420 g/mol. The van der Waals surface area contributed by atoms with Crippen molar-refractivity contribution >= 4 is 17.7 Å². The molecule has 0 aromatic carbocycles. The zero-order valence-corrected chi connectivity index (χ0v) is 20.3. The van der Waals surface area contributed by atoms with Crippen LogP contribution in [0.4, 0.5) is 0 Å². The summed E-state index contributed by atoms with van der Waals surface area (Å²) in [6.45, 7) is 11.2. The number of piperidine rings is 1. The molecule has 1 unspecified atom stereocenters. The normalized spacial score (nSPS) is 26.6. The van der Waals surface area contributed by atoms with Gasteiger partial charge in [0.2, 0.25) is 11.8 Å². The lowest BCUT2D eigenvalue weighted by atomic mass is 9.94. The number of carbonyl (C=O) groups is 3. The summed E-state index contributed by atoms with van der Waals surface area (Å²) in [6, 6.07) is 2.24. The number of rotatable bonds is 7. The minimum atomic E-state index is -0.575. The van der Waals surface area contributed by atoms with Crippen molar-refractivity contribution in [3.8, 4) is 0 Å². The van der Waals surface area contributed by atoms with Crippen LogP contribution in [0.2, 0.25) is 0 Å². The van der Waals surface area contributed by atoms with Crippen molar-refractivity contribution in [2.45, 2.75) is 71.6 Å². The van der Waals surface area contributed by atoms with Gasteiger partial charge >= 0.3 is 0 Å². The van der Waals surface area contributed by atoms with Crippen LogP contribution in [-0.2, 0) is 9.59 Å². The fourth-order valence-corrected chi connectivity index (χ4v) is 5.60. The number of nitrogens with one attached hydrogen (secondary N) is 1. The first-order valence-electron chi connectivity index (χ1n) is 12.5. The standard InChI is InChI=1S/C25H38N4O4/c1-16(2)12-19-23(30)27(14-18-7-9-26-10-8-18)15-22-28(19)24(31)20(13-17(3)4)29(22)25(32)21-6-5-11-33-21/h5-6,11,16-20,22,26H,7-10,12-15H2,1-4H3/t19-,20+,22?/m0/s1. The lowest BCUT2D eigenvalue weighted by molar-refractivity contribution is -0.154. The Bertz CT molecular complexity index is 847. The summed E-state index contributed by atoms with van der Waals surface area (Å²) in [5, 5.41) is 3.38. The number of nitrogens with zero attached hydrogens (tertiary/aromatic N) is 3. The molecule has 3 fully saturated rings. The second-order valence-electron chi connectivity index (χ2n) is 10.6. The van der Waals surface area contributed by atoms with Crippen LogP contribution in [0.5, 0.6) is 0 Å². The molecule has 182 valence electrons. The molecule has 1 aromatic rings. The van der Waals surface area contributed by atoms with Crippen molar-refractivity contribution in [3.63, 3.8) is 0 Å². The third-order valence-electron chi connectivity index (χ3n) is 7.13. The summed E-state index contributed by atoms with van der Waals surface area (Å²) < 4.78 is 5.43. The van der Waals surface area contributed by atoms with E-state index in [0.29, 0.717) is 31.8 Å². The first-order chi connectivity index (χ1) is 15.8. The monoisotopic (exact) mass is 458 g/mol. The molecule has 3 atom stereocenters. The quantitative estimate of drug-likeness (QED) is 0.679. The van der Waals surface area contributed by atoms with Crippen molar-refractivity contribution in [2.75, 3.05) is 26.2 Å². The lowest BCUT2D eigenvalue weighted by Crippen LogP contribution is -2.64. The summed E-state index contributed by atoms with van der Waals surface area (Å²) in [4.78, 5) is 46.3. The maximum Gasteiger partial charge on any atom is 0.291 e. The summed E-state index contributed by atoms with van der Waals surface area (Å²) in [7, 11) is 0. The molecule has 0 bridgehead atoms. The van der Waals surface area contributed by atoms with Gasteiger partial charge in [0, 0.05) is 6.54 Å². The number of carbonyl (C=O) groups excluding carboxylic acids is 3. The Labute approximate surface area is 196 Å². The Morgan fingerprint density at radius 1 is 1.06 bits per heavy atom. The van der Waals surface area contributed by atoms with Gasteiger partial charge in [-0.15, -0.1) is 0 Å². The van der Waals surface area contributed by atoms with Gasteiger partial charge in [-0.05, 0) is 68.7 Å². The second-order valence-corrected chi connectivity index (χ2v) is 10.6. The number of piperazine rings is 1. The van der Waals surface area contributed by atoms with Gasteiger partial charge in [0.05, 0.1) is 12.8 Å². The molecule has 3 amide bonds. The molecule has 8 nitrogen and oxygen atoms in total. The fourth-order valence-electron chi connectivity index (χ4n) is 5.60. The van der Waals surface area contributed by atoms with E-state index in [0.717, 1.165) is 25.9 Å². The number of fused-ring (bicyclic) bond motifs is 1. The van der Waals surface area contributed by atoms with Crippen LogP contribution in [0.1, 0.15) is 63.9 Å². The van der Waals surface area contributed by atoms with Gasteiger partial charge < -0.3 is 24.4 Å². The Morgan fingerprint density at radius 3 is 2.33 bits per heavy atom. The van der Waals surface area contributed by atoms with Crippen LogP contribution in [0.3, 0.4) is 0 Å². The van der Waals surface area contributed by atoms with Crippen molar-refractivity contribution in [2.24, 2.45) is 17.8 Å². The van der Waals surface area contributed by atoms with E-state index in [2.05, 4.69) is 33.0 Å². The molecular formula is C25H38N4O4. The van der Waals surface area contributed by atoms with E-state index in [1.54, 1.807) is 21.9 Å². The Hall–Kier alpha value is -2.35. The first kappa shape index (κ1) is 23.8. The van der Waals surface area contributed by atoms with Gasteiger partial charge in [0.25, 0.3) is 5.91 Å². The van der Waals surface area contributed by atoms with Crippen LogP contribution in [0.15, 0.2) is 22.8 Å². The minimum absolute atomic E-state index is 0.0300. The number of amides is 3. The average molecular weight is 459 g/mol. The van der Waals surface area contributed by atoms with E-state index in [-0.39, 0.29) is 35.3 Å². The highest BCUT2D eigenvalue weighted by molar-refractivity contribution is 6.00. The average Bonchev–Trinajstić information content (AvgIpc) is 3.39. The highest BCUT2D eigenvalue weighted by atomic mass is 16.3. The topological polar surface area (TPSA) is 86.1 Å². The van der Waals surface area contributed by atoms with Crippen LogP contribution < -0.4 is 5.32 Å². The van der Waals surface area contributed by atoms with E-state index in [1.807, 2.05) is 4.90 Å². The van der Waals surface area contributed by atoms with E-state index < -0.39 is 18.2 Å². The molecule has 0 spiro atoms. The third kappa shape index (κ3) is 4.81. The Kier molecular flexibility index (Phi) is 7.12. The molecule has 0 saturated carbocycles. The minimum Gasteiger partial charge on any atom is -0.459 e. The van der Waals surface area contributed by atoms with Crippen LogP contribution in [0.25, 0.3) is 0 Å². The lowest BCUT2D eigenvalue weighted by Gasteiger charge is -2.46. The van der Waals surface area contributed by atoms with Gasteiger partial charge in [0.1, 0.15) is 18.2 Å². The largest absolute Gasteiger partial charge is 0.459 e. The molecule has 3 aliphatic rings. The van der Waals surface area contributed by atoms with Crippen molar-refractivity contribution in [3.05, 3.63) is 24.2 Å². The molecule has 3 aliphatic heterocycles. The second kappa shape index (κ2) is 9.87. The fraction of sp³-hybridized carbons (Fsp3) is 0.720. The molecule has 1 aromatic heterocycles. The van der Waals surface area contributed by atoms with Gasteiger partial charge in [-0.3, -0.25) is 14.4 Å². The molecule has 8 heteroatoms. The summed E-state index contributed by atoms with van der Waals surface area (Å²) >= 11 is 0. The van der Waals surface area contributed by atoms with Gasteiger partial charge in [-0.1, -0.05) is 27.7 Å². The molecule has 1 N–H and O–H groups in total. The van der Waals surface area contributed by atoms with Crippen LogP contribution in [0, 0.1) is 17.8 Å². The van der Waals surface area contributed by atoms with E-state index in [9.17, 15) is 14.4 Å². The Morgan fingerprint density at radius 2 is 1.73 bits per heavy atom. The highest BCUT2D eigenvalue weighted by Gasteiger charge is 2.56. The van der Waals surface area contributed by atoms with E-state index in [1.165, 1.54) is 6.26 Å². The van der Waals surface area contributed by atoms with Crippen molar-refractivity contribution < 1.29 is 18.8 Å². The molecule has 0 aliphatic carbocycles. The molecule has 4 heterocycles. The molecule has 3 saturated heterocycles. The zero-order valence-electron chi connectivity index (χ0n) is 20.3. The molecule has 4 rings (SSSR count). The molecule has 0 radical (unpaired) electrons. The first-order valence-corrected chi connectivity index (χ1v) is 12.5. The molecule has 33 heavy (non-hydrogen) atoms. The summed E-state index contributed by atoms with van der Waals surface area (Å²) in [6.07, 6.45) is 4.27. The zero-order chi connectivity index (χ0) is 23.7. The van der Waals surface area contributed by atoms with Crippen LogP contribution in [-0.4, -0.2) is 76.8 Å². The van der Waals surface area contributed by atoms with Crippen LogP contribution >= 0.6 is 0 Å². The van der Waals surface area contributed by atoms with Gasteiger partial charge in [0.15, 0.2) is 5.76 Å². The number of hydrogen-bond acceptors (Lipinski definition) is 5. The predicted molar refractivity (Wildman–Crippen MR) is 124 cm³/mol. The number of furan rings is 1. The maximum absolute atomic E-state index is 13.7. The van der Waals surface area contributed by atoms with E-state index in [4.69, 9.17) is 4.42 Å². The van der Waals surface area contributed by atoms with Gasteiger partial charge in [-0.2, -0.15) is 0 Å². The van der Waals surface area contributed by atoms with E-state index >= 15 is 0 Å². The Balaban J connectivity index is 1.68. The van der Waals surface area contributed by atoms with Crippen molar-refractivity contribution in [1.29, 1.82) is 0 Å². The third-order valence-corrected chi connectivity index (χ3v) is 7.13. The summed E-state index contributed by atoms with van der Waals surface area (Å²) in [5.74, 6) is 0.823. The predicted octanol–water partition coefficient (Wildman–Crippen LogP) is 2.56.